The van der Waals surface area contributed by atoms with Crippen LogP contribution in [0.5, 0.6) is 5.75 Å². The molecule has 5 rings (SSSR count). The van der Waals surface area contributed by atoms with Crippen LogP contribution in [0.25, 0.3) is 22.6 Å². The van der Waals surface area contributed by atoms with Crippen molar-refractivity contribution in [3.63, 3.8) is 0 Å². The number of imide groups is 1. The van der Waals surface area contributed by atoms with E-state index in [1.54, 1.807) is 54.6 Å². The highest BCUT2D eigenvalue weighted by Crippen LogP contribution is 2.33. The molecule has 0 saturated heterocycles. The number of anilines is 1. The van der Waals surface area contributed by atoms with Gasteiger partial charge in [-0.1, -0.05) is 41.9 Å². The zero-order valence-electron chi connectivity index (χ0n) is 44.0. The molecular weight excluding hydrogens is 1140 g/mol. The first-order chi connectivity index (χ1) is 38.5. The summed E-state index contributed by atoms with van der Waals surface area (Å²) < 4.78 is 52.0. The minimum absolute atomic E-state index is 0.00289. The molecule has 0 unspecified atom stereocenters. The third-order valence-electron chi connectivity index (χ3n) is 12.0. The maximum atomic E-state index is 13.9. The number of allylic oxidation sites excluding steroid dienone is 1. The Morgan fingerprint density at radius 2 is 1.56 bits per heavy atom. The number of carbonyl (C=O) groups excluding carboxylic acids is 9. The van der Waals surface area contributed by atoms with Gasteiger partial charge in [0.15, 0.2) is 0 Å². The van der Waals surface area contributed by atoms with Crippen LogP contribution >= 0.6 is 15.9 Å². The molecule has 1 aliphatic heterocycles. The number of aromatic nitrogens is 1. The number of carbonyl (C=O) groups is 9. The molecule has 1 aromatic heterocycles. The van der Waals surface area contributed by atoms with E-state index < -0.39 is 99.8 Å². The van der Waals surface area contributed by atoms with Crippen LogP contribution in [-0.2, 0) is 59.8 Å². The zero-order valence-corrected chi connectivity index (χ0v) is 46.4. The number of nitriles is 2. The number of nitrogens with zero attached hydrogens (tertiary/aromatic N) is 4. The van der Waals surface area contributed by atoms with Gasteiger partial charge < -0.3 is 51.8 Å². The van der Waals surface area contributed by atoms with Crippen molar-refractivity contribution in [3.05, 3.63) is 106 Å². The Morgan fingerprint density at radius 3 is 2.20 bits per heavy atom. The predicted molar refractivity (Wildman–Crippen MR) is 294 cm³/mol. The Labute approximate surface area is 473 Å². The number of nitrogens with one attached hydrogen (secondary N) is 6. The second-order valence-electron chi connectivity index (χ2n) is 18.3. The van der Waals surface area contributed by atoms with E-state index in [0.29, 0.717) is 43.4 Å². The average Bonchev–Trinajstić information content (AvgIpc) is 4.00. The molecule has 428 valence electrons. The van der Waals surface area contributed by atoms with Gasteiger partial charge in [0.1, 0.15) is 36.2 Å². The van der Waals surface area contributed by atoms with Crippen LogP contribution in [0.4, 0.5) is 15.3 Å². The molecule has 0 saturated carbocycles. The van der Waals surface area contributed by atoms with Gasteiger partial charge in [-0.3, -0.25) is 47.6 Å². The first kappa shape index (κ1) is 62.9. The van der Waals surface area contributed by atoms with Crippen LogP contribution in [0.2, 0.25) is 0 Å². The van der Waals surface area contributed by atoms with Gasteiger partial charge in [-0.25, -0.2) is 9.59 Å². The summed E-state index contributed by atoms with van der Waals surface area (Å²) >= 11 is 3.46. The fourth-order valence-electron chi connectivity index (χ4n) is 7.92. The summed E-state index contributed by atoms with van der Waals surface area (Å²) in [6.07, 6.45) is 3.93. The van der Waals surface area contributed by atoms with Gasteiger partial charge in [0, 0.05) is 77.5 Å². The number of benzene rings is 3. The minimum Gasteiger partial charge on any atom is -0.496 e. The second-order valence-corrected chi connectivity index (χ2v) is 20.7. The second kappa shape index (κ2) is 29.9. The van der Waals surface area contributed by atoms with Gasteiger partial charge in [0.2, 0.25) is 29.5 Å². The molecule has 0 aliphatic carbocycles. The quantitative estimate of drug-likeness (QED) is 0.0175. The Hall–Kier alpha value is -8.96. The van der Waals surface area contributed by atoms with Crippen LogP contribution in [0.1, 0.15) is 61.8 Å². The summed E-state index contributed by atoms with van der Waals surface area (Å²) in [4.78, 5) is 115. The van der Waals surface area contributed by atoms with E-state index in [2.05, 4.69) is 60.0 Å². The summed E-state index contributed by atoms with van der Waals surface area (Å²) in [5, 5.41) is 35.1. The standard InChI is InChI=1S/C53H58BrN11O15S/c1-31(2)48(63-50(71)41(30-81(75,76)77)61-45(67)17-21-79-22-19-58-44(66)16-20-64-46(68)14-15-47(64)69)51(72)62-40(5-4-18-59-52(57)73)49(70)60-37-10-6-32(7-11-37)29-80-53(74)65-28-39(38-25-36(54)9-12-42(38)65)35(27-56)24-34-23-33(26-55)8-13-43(34)78-3/h6-15,23-25,28,31,40-41,48H,4-5,16-22,29-30H2,1-3H3,(H,58,66)(H,60,70)(H,61,67)(H,62,72)(H,63,71)(H3,57,59,73)(H,75,76,77)/b35-24+/t40-,41-,48-/m0/s1. The molecule has 0 fully saturated rings. The lowest BCUT2D eigenvalue weighted by Crippen LogP contribution is -2.59. The van der Waals surface area contributed by atoms with E-state index in [4.69, 9.17) is 19.9 Å². The molecule has 1 aliphatic rings. The predicted octanol–water partition coefficient (Wildman–Crippen LogP) is 2.76. The van der Waals surface area contributed by atoms with Gasteiger partial charge in [0.05, 0.1) is 49.1 Å². The number of urea groups is 1. The van der Waals surface area contributed by atoms with Crippen molar-refractivity contribution in [2.45, 2.75) is 64.3 Å². The van der Waals surface area contributed by atoms with Gasteiger partial charge >= 0.3 is 12.1 Å². The molecule has 9 N–H and O–H groups in total. The topological polar surface area (TPSA) is 390 Å². The van der Waals surface area contributed by atoms with Gasteiger partial charge in [-0.05, 0) is 78.9 Å². The monoisotopic (exact) mass is 1200 g/mol. The van der Waals surface area contributed by atoms with E-state index >= 15 is 0 Å². The molecular formula is C53H58BrN11O15S. The molecule has 81 heavy (non-hydrogen) atoms. The fraction of sp³-hybridized carbons (Fsp3) is 0.340. The molecule has 2 heterocycles. The smallest absolute Gasteiger partial charge is 0.418 e. The van der Waals surface area contributed by atoms with Crippen molar-refractivity contribution in [1.82, 2.24) is 36.1 Å². The molecule has 0 radical (unpaired) electrons. The van der Waals surface area contributed by atoms with Crippen LogP contribution < -0.4 is 42.4 Å². The average molecular weight is 1200 g/mol. The van der Waals surface area contributed by atoms with Gasteiger partial charge in [0.25, 0.3) is 21.9 Å². The van der Waals surface area contributed by atoms with Crippen LogP contribution in [0.15, 0.2) is 83.5 Å². The molecule has 0 spiro atoms. The Morgan fingerprint density at radius 1 is 0.840 bits per heavy atom. The van der Waals surface area contributed by atoms with Crippen molar-refractivity contribution in [3.8, 4) is 17.9 Å². The molecule has 9 amide bonds. The molecule has 28 heteroatoms. The molecule has 26 nitrogen and oxygen atoms in total. The SMILES string of the molecule is COc1ccc(C#N)cc1/C=C(\C#N)c1cn(C(=O)OCc2ccc(NC(=O)[C@H](CCCNC(N)=O)NC(=O)[C@@H](NC(=O)[C@H](CS(=O)(=O)O)NC(=O)CCOCCNC(=O)CCN3C(=O)C=CC3=O)C(C)C)cc2)c2ccc(Br)cc12. The van der Waals surface area contributed by atoms with Crippen molar-refractivity contribution in [2.75, 3.05) is 51.0 Å². The number of amides is 9. The van der Waals surface area contributed by atoms with Crippen molar-refractivity contribution < 1.29 is 70.3 Å². The summed E-state index contributed by atoms with van der Waals surface area (Å²) in [6, 6.07) is 14.8. The minimum atomic E-state index is -4.90. The number of ether oxygens (including phenoxy) is 3. The van der Waals surface area contributed by atoms with E-state index in [9.17, 15) is 66.6 Å². The van der Waals surface area contributed by atoms with Crippen LogP contribution in [0.3, 0.4) is 0 Å². The summed E-state index contributed by atoms with van der Waals surface area (Å²) in [6.45, 7) is 2.41. The Kier molecular flexibility index (Phi) is 23.2. The van der Waals surface area contributed by atoms with E-state index in [1.807, 2.05) is 0 Å². The van der Waals surface area contributed by atoms with E-state index in [-0.39, 0.29) is 70.0 Å². The summed E-state index contributed by atoms with van der Waals surface area (Å²) in [5.41, 5.74) is 7.76. The molecule has 3 atom stereocenters. The van der Waals surface area contributed by atoms with Crippen LogP contribution in [0, 0.1) is 28.6 Å². The third-order valence-corrected chi connectivity index (χ3v) is 13.2. The molecule has 3 aromatic carbocycles. The number of rotatable bonds is 28. The lowest BCUT2D eigenvalue weighted by atomic mass is 10.0. The first-order valence-electron chi connectivity index (χ1n) is 24.8. The number of methoxy groups -OCH3 is 1. The lowest BCUT2D eigenvalue weighted by molar-refractivity contribution is -0.137. The maximum absolute atomic E-state index is 13.9. The lowest BCUT2D eigenvalue weighted by Gasteiger charge is -2.27. The normalized spacial score (nSPS) is 13.3. The van der Waals surface area contributed by atoms with Gasteiger partial charge in [-0.15, -0.1) is 0 Å². The maximum Gasteiger partial charge on any atom is 0.418 e. The van der Waals surface area contributed by atoms with Gasteiger partial charge in [-0.2, -0.15) is 18.9 Å². The van der Waals surface area contributed by atoms with Crippen LogP contribution in [-0.4, -0.2) is 140 Å². The van der Waals surface area contributed by atoms with Crippen molar-refractivity contribution >= 4 is 108 Å². The highest BCUT2D eigenvalue weighted by molar-refractivity contribution is 9.10. The summed E-state index contributed by atoms with van der Waals surface area (Å²) in [5.74, 6) is -6.78. The summed E-state index contributed by atoms with van der Waals surface area (Å²) in [7, 11) is -3.44. The molecule has 4 aromatic rings. The largest absolute Gasteiger partial charge is 0.496 e. The van der Waals surface area contributed by atoms with E-state index in [0.717, 1.165) is 17.1 Å². The first-order valence-corrected chi connectivity index (χ1v) is 27.2. The highest BCUT2D eigenvalue weighted by atomic mass is 79.9. The Bertz CT molecular complexity index is 3290. The number of primary amides is 1. The van der Waals surface area contributed by atoms with E-state index in [1.165, 1.54) is 43.9 Å². The molecule has 0 bridgehead atoms. The number of fused-ring (bicyclic) bond motifs is 1. The highest BCUT2D eigenvalue weighted by Gasteiger charge is 2.33. The van der Waals surface area contributed by atoms with Crippen molar-refractivity contribution in [2.24, 2.45) is 11.7 Å². The number of hydrogen-bond donors (Lipinski definition) is 8. The fourth-order valence-corrected chi connectivity index (χ4v) is 8.94. The Balaban J connectivity index is 1.19. The number of nitrogens with two attached hydrogens (primary N) is 1. The number of halogens is 1. The number of hydrogen-bond acceptors (Lipinski definition) is 16. The zero-order chi connectivity index (χ0) is 59.4. The van der Waals surface area contributed by atoms with Crippen molar-refractivity contribution in [1.29, 1.82) is 10.5 Å². The third kappa shape index (κ3) is 19.1.